The van der Waals surface area contributed by atoms with Gasteiger partial charge >= 0.3 is 0 Å². The van der Waals surface area contributed by atoms with Crippen molar-refractivity contribution in [3.63, 3.8) is 0 Å². The van der Waals surface area contributed by atoms with Crippen LogP contribution >= 0.6 is 0 Å². The monoisotopic (exact) mass is 272 g/mol. The van der Waals surface area contributed by atoms with Crippen LogP contribution in [0.2, 0.25) is 0 Å². The zero-order chi connectivity index (χ0) is 13.8. The second kappa shape index (κ2) is 6.42. The van der Waals surface area contributed by atoms with Gasteiger partial charge in [-0.1, -0.05) is 25.0 Å². The van der Waals surface area contributed by atoms with E-state index in [9.17, 15) is 5.11 Å². The summed E-state index contributed by atoms with van der Waals surface area (Å²) in [7, 11) is 0. The minimum absolute atomic E-state index is 0.348. The number of hydrogen-bond donors (Lipinski definition) is 3. The molecule has 2 unspecified atom stereocenters. The van der Waals surface area contributed by atoms with Crippen LogP contribution in [0, 0.1) is 11.8 Å². The molecule has 3 nitrogen and oxygen atoms in total. The van der Waals surface area contributed by atoms with Crippen molar-refractivity contribution in [3.05, 3.63) is 36.0 Å². The smallest absolute Gasteiger partial charge is 0.0462 e. The number of benzene rings is 1. The Bertz CT molecular complexity index is 549. The first-order valence-corrected chi connectivity index (χ1v) is 7.74. The minimum Gasteiger partial charge on any atom is -0.396 e. The Morgan fingerprint density at radius 2 is 2.00 bits per heavy atom. The van der Waals surface area contributed by atoms with Crippen molar-refractivity contribution in [1.82, 2.24) is 10.3 Å². The number of aromatic nitrogens is 1. The van der Waals surface area contributed by atoms with Gasteiger partial charge in [0, 0.05) is 24.9 Å². The molecule has 1 aromatic carbocycles. The summed E-state index contributed by atoms with van der Waals surface area (Å²) in [4.78, 5) is 3.26. The molecule has 1 aliphatic carbocycles. The maximum atomic E-state index is 9.44. The topological polar surface area (TPSA) is 48.0 Å². The van der Waals surface area contributed by atoms with Gasteiger partial charge in [0.15, 0.2) is 0 Å². The number of aromatic amines is 1. The summed E-state index contributed by atoms with van der Waals surface area (Å²) in [6.45, 7) is 2.28. The molecule has 1 saturated carbocycles. The van der Waals surface area contributed by atoms with E-state index in [1.807, 2.05) is 6.20 Å². The highest BCUT2D eigenvalue weighted by atomic mass is 16.3. The largest absolute Gasteiger partial charge is 0.396 e. The molecule has 0 spiro atoms. The molecule has 0 radical (unpaired) electrons. The Kier molecular flexibility index (Phi) is 4.38. The maximum absolute atomic E-state index is 9.44. The fraction of sp³-hybridized carbons (Fsp3) is 0.529. The first-order chi connectivity index (χ1) is 9.86. The standard InChI is InChI=1S/C17H24N2O/c20-12-16-4-2-1-3-15(16)11-18-10-13-5-6-14-7-8-19-17(14)9-13/h5-9,15-16,18-20H,1-4,10-12H2. The van der Waals surface area contributed by atoms with Crippen LogP contribution in [-0.4, -0.2) is 23.2 Å². The lowest BCUT2D eigenvalue weighted by atomic mass is 9.79. The van der Waals surface area contributed by atoms with Gasteiger partial charge in [0.1, 0.15) is 0 Å². The molecular formula is C17H24N2O. The van der Waals surface area contributed by atoms with Gasteiger partial charge in [0.25, 0.3) is 0 Å². The van der Waals surface area contributed by atoms with Gasteiger partial charge in [-0.25, -0.2) is 0 Å². The Labute approximate surface area is 120 Å². The first-order valence-electron chi connectivity index (χ1n) is 7.74. The second-order valence-electron chi connectivity index (χ2n) is 6.02. The Balaban J connectivity index is 1.53. The molecule has 0 amide bonds. The van der Waals surface area contributed by atoms with Crippen LogP contribution in [0.25, 0.3) is 10.9 Å². The van der Waals surface area contributed by atoms with Gasteiger partial charge < -0.3 is 15.4 Å². The van der Waals surface area contributed by atoms with E-state index in [4.69, 9.17) is 0 Å². The second-order valence-corrected chi connectivity index (χ2v) is 6.02. The molecule has 3 rings (SSSR count). The maximum Gasteiger partial charge on any atom is 0.0462 e. The fourth-order valence-electron chi connectivity index (χ4n) is 3.40. The van der Waals surface area contributed by atoms with Crippen LogP contribution in [0.3, 0.4) is 0 Å². The molecule has 3 heteroatoms. The molecule has 1 fully saturated rings. The molecule has 2 atom stereocenters. The fourth-order valence-corrected chi connectivity index (χ4v) is 3.40. The van der Waals surface area contributed by atoms with E-state index >= 15 is 0 Å². The third kappa shape index (κ3) is 3.05. The summed E-state index contributed by atoms with van der Waals surface area (Å²) in [6.07, 6.45) is 7.03. The highest BCUT2D eigenvalue weighted by Crippen LogP contribution is 2.29. The van der Waals surface area contributed by atoms with Crippen LogP contribution < -0.4 is 5.32 Å². The summed E-state index contributed by atoms with van der Waals surface area (Å²) >= 11 is 0. The number of aliphatic hydroxyl groups excluding tert-OH is 1. The van der Waals surface area contributed by atoms with Crippen molar-refractivity contribution >= 4 is 10.9 Å². The lowest BCUT2D eigenvalue weighted by molar-refractivity contribution is 0.133. The van der Waals surface area contributed by atoms with E-state index in [2.05, 4.69) is 34.6 Å². The summed E-state index contributed by atoms with van der Waals surface area (Å²) in [5.41, 5.74) is 2.52. The van der Waals surface area contributed by atoms with Gasteiger partial charge in [0.2, 0.25) is 0 Å². The molecular weight excluding hydrogens is 248 g/mol. The van der Waals surface area contributed by atoms with Gasteiger partial charge in [-0.3, -0.25) is 0 Å². The van der Waals surface area contributed by atoms with Gasteiger partial charge in [0.05, 0.1) is 0 Å². The molecule has 2 aromatic rings. The van der Waals surface area contributed by atoms with E-state index in [1.54, 1.807) is 0 Å². The molecule has 1 aromatic heterocycles. The third-order valence-electron chi connectivity index (χ3n) is 4.66. The molecule has 0 bridgehead atoms. The van der Waals surface area contributed by atoms with E-state index < -0.39 is 0 Å². The Morgan fingerprint density at radius 1 is 1.15 bits per heavy atom. The Morgan fingerprint density at radius 3 is 2.85 bits per heavy atom. The summed E-state index contributed by atoms with van der Waals surface area (Å²) in [6, 6.07) is 8.67. The van der Waals surface area contributed by atoms with Gasteiger partial charge in [-0.15, -0.1) is 0 Å². The molecule has 1 aliphatic rings. The highest BCUT2D eigenvalue weighted by molar-refractivity contribution is 5.79. The third-order valence-corrected chi connectivity index (χ3v) is 4.66. The van der Waals surface area contributed by atoms with Crippen LogP contribution in [-0.2, 0) is 6.54 Å². The number of aliphatic hydroxyl groups is 1. The van der Waals surface area contributed by atoms with Crippen LogP contribution in [0.5, 0.6) is 0 Å². The number of rotatable bonds is 5. The summed E-state index contributed by atoms with van der Waals surface area (Å²) < 4.78 is 0. The zero-order valence-electron chi connectivity index (χ0n) is 11.9. The van der Waals surface area contributed by atoms with Crippen LogP contribution in [0.4, 0.5) is 0 Å². The number of hydrogen-bond acceptors (Lipinski definition) is 2. The molecule has 108 valence electrons. The molecule has 3 N–H and O–H groups in total. The average molecular weight is 272 g/mol. The molecule has 0 saturated heterocycles. The average Bonchev–Trinajstić information content (AvgIpc) is 2.95. The molecule has 1 heterocycles. The van der Waals surface area contributed by atoms with Crippen LogP contribution in [0.1, 0.15) is 31.2 Å². The SMILES string of the molecule is OCC1CCCCC1CNCc1ccc2cc[nH]c2c1. The number of H-pyrrole nitrogens is 1. The van der Waals surface area contributed by atoms with Crippen molar-refractivity contribution < 1.29 is 5.11 Å². The minimum atomic E-state index is 0.348. The van der Waals surface area contributed by atoms with E-state index in [0.29, 0.717) is 18.4 Å². The molecule has 20 heavy (non-hydrogen) atoms. The van der Waals surface area contributed by atoms with Crippen molar-refractivity contribution in [2.75, 3.05) is 13.2 Å². The Hall–Kier alpha value is -1.32. The lowest BCUT2D eigenvalue weighted by Gasteiger charge is -2.30. The lowest BCUT2D eigenvalue weighted by Crippen LogP contribution is -2.32. The van der Waals surface area contributed by atoms with Gasteiger partial charge in [-0.05, 0) is 54.3 Å². The number of nitrogens with one attached hydrogen (secondary N) is 2. The first kappa shape index (κ1) is 13.7. The number of fused-ring (bicyclic) bond motifs is 1. The van der Waals surface area contributed by atoms with Crippen molar-refractivity contribution in [3.8, 4) is 0 Å². The predicted octanol–water partition coefficient (Wildman–Crippen LogP) is 3.06. The van der Waals surface area contributed by atoms with Crippen molar-refractivity contribution in [1.29, 1.82) is 0 Å². The van der Waals surface area contributed by atoms with Crippen LogP contribution in [0.15, 0.2) is 30.5 Å². The quantitative estimate of drug-likeness (QED) is 0.783. The van der Waals surface area contributed by atoms with E-state index in [-0.39, 0.29) is 0 Å². The molecule has 0 aliphatic heterocycles. The predicted molar refractivity (Wildman–Crippen MR) is 82.5 cm³/mol. The van der Waals surface area contributed by atoms with E-state index in [1.165, 1.54) is 42.1 Å². The van der Waals surface area contributed by atoms with Crippen molar-refractivity contribution in [2.24, 2.45) is 11.8 Å². The normalized spacial score (nSPS) is 23.2. The highest BCUT2D eigenvalue weighted by Gasteiger charge is 2.23. The van der Waals surface area contributed by atoms with E-state index in [0.717, 1.165) is 13.1 Å². The summed E-state index contributed by atoms with van der Waals surface area (Å²) in [5.74, 6) is 1.14. The zero-order valence-corrected chi connectivity index (χ0v) is 11.9. The van der Waals surface area contributed by atoms with Gasteiger partial charge in [-0.2, -0.15) is 0 Å². The summed E-state index contributed by atoms with van der Waals surface area (Å²) in [5, 5.41) is 14.3. The van der Waals surface area contributed by atoms with Crippen molar-refractivity contribution in [2.45, 2.75) is 32.2 Å².